The van der Waals surface area contributed by atoms with Crippen LogP contribution in [0.15, 0.2) is 48.5 Å². The summed E-state index contributed by atoms with van der Waals surface area (Å²) in [6.07, 6.45) is -0.784. The average Bonchev–Trinajstić information content (AvgIpc) is 2.70. The number of ether oxygens (including phenoxy) is 1. The Morgan fingerprint density at radius 3 is 2.32 bits per heavy atom. The second-order valence-electron chi connectivity index (χ2n) is 7.38. The van der Waals surface area contributed by atoms with Crippen molar-refractivity contribution in [3.63, 3.8) is 0 Å². The van der Waals surface area contributed by atoms with Crippen molar-refractivity contribution in [2.75, 3.05) is 26.2 Å². The minimum atomic E-state index is -0.784. The van der Waals surface area contributed by atoms with E-state index < -0.39 is 12.1 Å². The summed E-state index contributed by atoms with van der Waals surface area (Å²) in [6.45, 7) is 9.33. The van der Waals surface area contributed by atoms with Crippen molar-refractivity contribution in [1.82, 2.24) is 9.80 Å². The van der Waals surface area contributed by atoms with Gasteiger partial charge in [0.05, 0.1) is 5.56 Å². The fraction of sp³-hybridized carbons (Fsp3) is 0.391. The molecule has 1 atom stereocenters. The van der Waals surface area contributed by atoms with Gasteiger partial charge in [0.1, 0.15) is 0 Å². The summed E-state index contributed by atoms with van der Waals surface area (Å²) in [4.78, 5) is 29.3. The van der Waals surface area contributed by atoms with E-state index in [1.54, 1.807) is 17.9 Å². The summed E-state index contributed by atoms with van der Waals surface area (Å²) in [5.41, 5.74) is 3.72. The van der Waals surface area contributed by atoms with Crippen LogP contribution < -0.4 is 0 Å². The van der Waals surface area contributed by atoms with Gasteiger partial charge in [-0.2, -0.15) is 0 Å². The molecular formula is C23H28N2O3. The van der Waals surface area contributed by atoms with E-state index in [1.165, 1.54) is 5.56 Å². The van der Waals surface area contributed by atoms with Gasteiger partial charge in [0.2, 0.25) is 0 Å². The third-order valence-corrected chi connectivity index (χ3v) is 5.39. The topological polar surface area (TPSA) is 49.9 Å². The molecule has 148 valence electrons. The number of esters is 1. The molecule has 1 saturated heterocycles. The number of amides is 1. The first-order valence-electron chi connectivity index (χ1n) is 9.78. The van der Waals surface area contributed by atoms with E-state index in [2.05, 4.69) is 17.0 Å². The van der Waals surface area contributed by atoms with E-state index in [0.717, 1.165) is 30.8 Å². The molecule has 28 heavy (non-hydrogen) atoms. The Bertz CT molecular complexity index is 827. The molecule has 1 amide bonds. The van der Waals surface area contributed by atoms with Gasteiger partial charge < -0.3 is 9.64 Å². The van der Waals surface area contributed by atoms with Crippen molar-refractivity contribution >= 4 is 11.9 Å². The van der Waals surface area contributed by atoms with E-state index in [9.17, 15) is 9.59 Å². The molecule has 1 aliphatic rings. The number of aryl methyl sites for hydroxylation is 1. The van der Waals surface area contributed by atoms with E-state index in [-0.39, 0.29) is 5.91 Å². The first-order valence-corrected chi connectivity index (χ1v) is 9.78. The van der Waals surface area contributed by atoms with Crippen LogP contribution in [0.1, 0.15) is 34.0 Å². The number of hydrogen-bond acceptors (Lipinski definition) is 4. The molecule has 3 rings (SSSR count). The zero-order valence-electron chi connectivity index (χ0n) is 16.9. The lowest BCUT2D eigenvalue weighted by Gasteiger charge is -2.35. The molecule has 0 aliphatic carbocycles. The van der Waals surface area contributed by atoms with Gasteiger partial charge in [0.25, 0.3) is 5.91 Å². The highest BCUT2D eigenvalue weighted by Crippen LogP contribution is 2.16. The zero-order chi connectivity index (χ0) is 20.1. The summed E-state index contributed by atoms with van der Waals surface area (Å²) >= 11 is 0. The molecule has 0 spiro atoms. The Hall–Kier alpha value is -2.66. The number of nitrogens with zero attached hydrogens (tertiary/aromatic N) is 2. The van der Waals surface area contributed by atoms with Gasteiger partial charge in [-0.15, -0.1) is 0 Å². The molecule has 1 heterocycles. The van der Waals surface area contributed by atoms with Crippen molar-refractivity contribution in [2.24, 2.45) is 0 Å². The van der Waals surface area contributed by atoms with Gasteiger partial charge >= 0.3 is 5.97 Å². The molecule has 2 aromatic rings. The van der Waals surface area contributed by atoms with Crippen molar-refractivity contribution in [2.45, 2.75) is 33.4 Å². The van der Waals surface area contributed by atoms with E-state index in [0.29, 0.717) is 18.7 Å². The number of rotatable bonds is 5. The Morgan fingerprint density at radius 2 is 1.64 bits per heavy atom. The summed E-state index contributed by atoms with van der Waals surface area (Å²) in [6, 6.07) is 15.9. The second kappa shape index (κ2) is 9.02. The standard InChI is InChI=1S/C23H28N2O3/c1-17-8-7-11-21(18(17)2)23(27)28-19(3)22(26)25-14-12-24(13-15-25)16-20-9-5-4-6-10-20/h4-11,19H,12-16H2,1-3H3. The Morgan fingerprint density at radius 1 is 0.964 bits per heavy atom. The molecule has 5 heteroatoms. The summed E-state index contributed by atoms with van der Waals surface area (Å²) < 4.78 is 5.47. The molecule has 1 unspecified atom stereocenters. The second-order valence-corrected chi connectivity index (χ2v) is 7.38. The summed E-state index contributed by atoms with van der Waals surface area (Å²) in [5.74, 6) is -0.567. The third-order valence-electron chi connectivity index (χ3n) is 5.39. The minimum Gasteiger partial charge on any atom is -0.449 e. The highest BCUT2D eigenvalue weighted by atomic mass is 16.5. The number of carbonyl (C=O) groups is 2. The van der Waals surface area contributed by atoms with Crippen LogP contribution in [0.5, 0.6) is 0 Å². The smallest absolute Gasteiger partial charge is 0.339 e. The highest BCUT2D eigenvalue weighted by molar-refractivity contribution is 5.93. The Balaban J connectivity index is 1.51. The molecule has 0 radical (unpaired) electrons. The van der Waals surface area contributed by atoms with Gasteiger partial charge in [0.15, 0.2) is 6.10 Å². The van der Waals surface area contributed by atoms with E-state index in [4.69, 9.17) is 4.74 Å². The van der Waals surface area contributed by atoms with Crippen LogP contribution in [0.4, 0.5) is 0 Å². The van der Waals surface area contributed by atoms with Gasteiger partial charge in [-0.3, -0.25) is 9.69 Å². The third kappa shape index (κ3) is 4.78. The molecule has 2 aromatic carbocycles. The zero-order valence-corrected chi connectivity index (χ0v) is 16.9. The SMILES string of the molecule is Cc1cccc(C(=O)OC(C)C(=O)N2CCN(Cc3ccccc3)CC2)c1C. The maximum Gasteiger partial charge on any atom is 0.339 e. The summed E-state index contributed by atoms with van der Waals surface area (Å²) in [5, 5.41) is 0. The fourth-order valence-corrected chi connectivity index (χ4v) is 3.47. The normalized spacial score (nSPS) is 15.9. The molecule has 0 bridgehead atoms. The largest absolute Gasteiger partial charge is 0.449 e. The lowest BCUT2D eigenvalue weighted by molar-refractivity contribution is -0.141. The molecular weight excluding hydrogens is 352 g/mol. The van der Waals surface area contributed by atoms with Crippen LogP contribution in [-0.4, -0.2) is 54.0 Å². The van der Waals surface area contributed by atoms with Gasteiger partial charge in [0, 0.05) is 32.7 Å². The number of hydrogen-bond donors (Lipinski definition) is 0. The molecule has 5 nitrogen and oxygen atoms in total. The van der Waals surface area contributed by atoms with Gasteiger partial charge in [-0.1, -0.05) is 42.5 Å². The predicted octanol–water partition coefficient (Wildman–Crippen LogP) is 3.19. The number of piperazine rings is 1. The fourth-order valence-electron chi connectivity index (χ4n) is 3.47. The summed E-state index contributed by atoms with van der Waals surface area (Å²) in [7, 11) is 0. The maximum absolute atomic E-state index is 12.7. The van der Waals surface area contributed by atoms with Gasteiger partial charge in [-0.25, -0.2) is 4.79 Å². The minimum absolute atomic E-state index is 0.127. The lowest BCUT2D eigenvalue weighted by Crippen LogP contribution is -2.51. The Kier molecular flexibility index (Phi) is 6.47. The average molecular weight is 380 g/mol. The van der Waals surface area contributed by atoms with Crippen LogP contribution in [0, 0.1) is 13.8 Å². The highest BCUT2D eigenvalue weighted by Gasteiger charge is 2.27. The monoisotopic (exact) mass is 380 g/mol. The van der Waals surface area contributed by atoms with E-state index >= 15 is 0 Å². The van der Waals surface area contributed by atoms with Crippen molar-refractivity contribution < 1.29 is 14.3 Å². The molecule has 0 saturated carbocycles. The van der Waals surface area contributed by atoms with Crippen LogP contribution in [0.25, 0.3) is 0 Å². The van der Waals surface area contributed by atoms with Crippen LogP contribution >= 0.6 is 0 Å². The van der Waals surface area contributed by atoms with Crippen molar-refractivity contribution in [3.05, 3.63) is 70.8 Å². The molecule has 0 N–H and O–H groups in total. The molecule has 1 fully saturated rings. The first kappa shape index (κ1) is 20.1. The van der Waals surface area contributed by atoms with Crippen LogP contribution in [0.2, 0.25) is 0 Å². The quantitative estimate of drug-likeness (QED) is 0.748. The number of carbonyl (C=O) groups excluding carboxylic acids is 2. The lowest BCUT2D eigenvalue weighted by atomic mass is 10.0. The van der Waals surface area contributed by atoms with Crippen molar-refractivity contribution in [1.29, 1.82) is 0 Å². The maximum atomic E-state index is 12.7. The van der Waals surface area contributed by atoms with Crippen LogP contribution in [0.3, 0.4) is 0 Å². The van der Waals surface area contributed by atoms with Crippen LogP contribution in [-0.2, 0) is 16.1 Å². The predicted molar refractivity (Wildman–Crippen MR) is 109 cm³/mol. The van der Waals surface area contributed by atoms with Gasteiger partial charge in [-0.05, 0) is 43.5 Å². The Labute approximate surface area is 166 Å². The van der Waals surface area contributed by atoms with Crippen molar-refractivity contribution in [3.8, 4) is 0 Å². The molecule has 0 aromatic heterocycles. The van der Waals surface area contributed by atoms with E-state index in [1.807, 2.05) is 44.2 Å². The molecule has 1 aliphatic heterocycles. The first-order chi connectivity index (χ1) is 13.5. The number of benzene rings is 2.